The van der Waals surface area contributed by atoms with Crippen molar-refractivity contribution >= 4 is 11.9 Å². The average molecular weight is 307 g/mol. The van der Waals surface area contributed by atoms with E-state index < -0.39 is 0 Å². The number of amides is 1. The van der Waals surface area contributed by atoms with Crippen LogP contribution in [0.15, 0.2) is 6.07 Å². The molecule has 1 amide bonds. The van der Waals surface area contributed by atoms with Crippen molar-refractivity contribution < 1.29 is 4.79 Å². The van der Waals surface area contributed by atoms with Crippen LogP contribution >= 0.6 is 0 Å². The minimum absolute atomic E-state index is 0.113. The summed E-state index contributed by atoms with van der Waals surface area (Å²) in [6.45, 7) is 6.11. The van der Waals surface area contributed by atoms with E-state index in [-0.39, 0.29) is 5.91 Å². The maximum absolute atomic E-state index is 11.7. The molecule has 0 saturated carbocycles. The number of carbonyl (C=O) groups is 1. The molecular weight excluding hydrogens is 278 g/mol. The fraction of sp³-hybridized carbons (Fsp3) is 0.688. The fourth-order valence-electron chi connectivity index (χ4n) is 2.19. The zero-order valence-corrected chi connectivity index (χ0v) is 13.8. The van der Waals surface area contributed by atoms with Gasteiger partial charge in [0.05, 0.1) is 0 Å². The van der Waals surface area contributed by atoms with Crippen molar-refractivity contribution in [1.82, 2.24) is 15.3 Å². The predicted octanol–water partition coefficient (Wildman–Crippen LogP) is 1.92. The summed E-state index contributed by atoms with van der Waals surface area (Å²) < 4.78 is 0. The number of nitrogens with one attached hydrogen (secondary N) is 2. The Morgan fingerprint density at radius 2 is 1.73 bits per heavy atom. The summed E-state index contributed by atoms with van der Waals surface area (Å²) in [5.74, 6) is 0.750. The topological polar surface area (TPSA) is 92.9 Å². The number of anilines is 1. The van der Waals surface area contributed by atoms with E-state index in [1.165, 1.54) is 0 Å². The minimum Gasteiger partial charge on any atom is -0.356 e. The molecule has 1 rings (SSSR count). The van der Waals surface area contributed by atoms with Crippen molar-refractivity contribution in [3.8, 4) is 0 Å². The Morgan fingerprint density at radius 3 is 2.41 bits per heavy atom. The summed E-state index contributed by atoms with van der Waals surface area (Å²) in [6, 6.07) is 1.94. The van der Waals surface area contributed by atoms with E-state index in [4.69, 9.17) is 5.73 Å². The number of unbranched alkanes of at least 4 members (excludes halogenated alkanes) is 3. The van der Waals surface area contributed by atoms with E-state index in [1.807, 2.05) is 19.9 Å². The SMILES string of the molecule is Cc1cc(C)nc(NCCCC(=O)NCCCCCCN)n1. The molecule has 0 aromatic carbocycles. The molecule has 0 atom stereocenters. The zero-order chi connectivity index (χ0) is 16.2. The standard InChI is InChI=1S/C16H29N5O/c1-13-12-14(2)21-16(20-13)19-11-7-8-15(22)18-10-6-4-3-5-9-17/h12H,3-11,17H2,1-2H3,(H,18,22)(H,19,20,21). The van der Waals surface area contributed by atoms with Gasteiger partial charge in [0, 0.05) is 30.9 Å². The third-order valence-corrected chi connectivity index (χ3v) is 3.30. The summed E-state index contributed by atoms with van der Waals surface area (Å²) in [7, 11) is 0. The van der Waals surface area contributed by atoms with Gasteiger partial charge in [0.15, 0.2) is 0 Å². The molecule has 4 N–H and O–H groups in total. The molecule has 0 aliphatic carbocycles. The fourth-order valence-corrected chi connectivity index (χ4v) is 2.19. The second-order valence-corrected chi connectivity index (χ2v) is 5.56. The van der Waals surface area contributed by atoms with Crippen LogP contribution in [-0.2, 0) is 4.79 Å². The van der Waals surface area contributed by atoms with Gasteiger partial charge < -0.3 is 16.4 Å². The van der Waals surface area contributed by atoms with Crippen LogP contribution in [0.5, 0.6) is 0 Å². The van der Waals surface area contributed by atoms with E-state index in [2.05, 4.69) is 20.6 Å². The van der Waals surface area contributed by atoms with Gasteiger partial charge in [-0.05, 0) is 45.7 Å². The first-order chi connectivity index (χ1) is 10.6. The second-order valence-electron chi connectivity index (χ2n) is 5.56. The molecule has 124 valence electrons. The molecular formula is C16H29N5O. The molecule has 0 aliphatic heterocycles. The lowest BCUT2D eigenvalue weighted by molar-refractivity contribution is -0.121. The van der Waals surface area contributed by atoms with Gasteiger partial charge in [0.2, 0.25) is 11.9 Å². The minimum atomic E-state index is 0.113. The smallest absolute Gasteiger partial charge is 0.223 e. The van der Waals surface area contributed by atoms with Gasteiger partial charge in [-0.15, -0.1) is 0 Å². The highest BCUT2D eigenvalue weighted by Gasteiger charge is 2.02. The van der Waals surface area contributed by atoms with E-state index in [9.17, 15) is 4.79 Å². The van der Waals surface area contributed by atoms with E-state index in [1.54, 1.807) is 0 Å². The molecule has 0 saturated heterocycles. The van der Waals surface area contributed by atoms with Crippen molar-refractivity contribution in [3.05, 3.63) is 17.5 Å². The van der Waals surface area contributed by atoms with Crippen LogP contribution in [0, 0.1) is 13.8 Å². The predicted molar refractivity (Wildman–Crippen MR) is 89.8 cm³/mol. The van der Waals surface area contributed by atoms with Gasteiger partial charge in [-0.25, -0.2) is 9.97 Å². The first-order valence-electron chi connectivity index (χ1n) is 8.14. The number of rotatable bonds is 11. The van der Waals surface area contributed by atoms with Crippen LogP contribution in [0.4, 0.5) is 5.95 Å². The quantitative estimate of drug-likeness (QED) is 0.543. The lowest BCUT2D eigenvalue weighted by atomic mass is 10.2. The molecule has 22 heavy (non-hydrogen) atoms. The van der Waals surface area contributed by atoms with Gasteiger partial charge in [0.25, 0.3) is 0 Å². The van der Waals surface area contributed by atoms with E-state index in [0.717, 1.165) is 56.6 Å². The Hall–Kier alpha value is -1.69. The highest BCUT2D eigenvalue weighted by Crippen LogP contribution is 2.04. The van der Waals surface area contributed by atoms with Crippen LogP contribution in [0.2, 0.25) is 0 Å². The van der Waals surface area contributed by atoms with Crippen molar-refractivity contribution in [2.75, 3.05) is 25.0 Å². The molecule has 0 spiro atoms. The van der Waals surface area contributed by atoms with Crippen molar-refractivity contribution in [2.24, 2.45) is 5.73 Å². The van der Waals surface area contributed by atoms with Gasteiger partial charge in [-0.3, -0.25) is 4.79 Å². The third-order valence-electron chi connectivity index (χ3n) is 3.30. The normalized spacial score (nSPS) is 10.5. The Balaban J connectivity index is 2.05. The van der Waals surface area contributed by atoms with Crippen LogP contribution < -0.4 is 16.4 Å². The van der Waals surface area contributed by atoms with Crippen LogP contribution in [0.1, 0.15) is 49.9 Å². The molecule has 0 unspecified atom stereocenters. The first-order valence-corrected chi connectivity index (χ1v) is 8.14. The molecule has 1 heterocycles. The summed E-state index contributed by atoms with van der Waals surface area (Å²) in [4.78, 5) is 20.3. The summed E-state index contributed by atoms with van der Waals surface area (Å²) in [5, 5.41) is 6.11. The molecule has 0 aliphatic rings. The highest BCUT2D eigenvalue weighted by molar-refractivity contribution is 5.75. The molecule has 1 aromatic heterocycles. The van der Waals surface area contributed by atoms with Gasteiger partial charge in [-0.1, -0.05) is 12.8 Å². The largest absolute Gasteiger partial charge is 0.356 e. The van der Waals surface area contributed by atoms with E-state index >= 15 is 0 Å². The van der Waals surface area contributed by atoms with Gasteiger partial charge >= 0.3 is 0 Å². The highest BCUT2D eigenvalue weighted by atomic mass is 16.1. The van der Waals surface area contributed by atoms with Gasteiger partial charge in [-0.2, -0.15) is 0 Å². The lowest BCUT2D eigenvalue weighted by Crippen LogP contribution is -2.24. The van der Waals surface area contributed by atoms with Crippen molar-refractivity contribution in [3.63, 3.8) is 0 Å². The molecule has 0 bridgehead atoms. The Morgan fingerprint density at radius 1 is 1.05 bits per heavy atom. The summed E-state index contributed by atoms with van der Waals surface area (Å²) in [6.07, 6.45) is 5.67. The Labute approximate surface area is 133 Å². The molecule has 0 radical (unpaired) electrons. The number of aryl methyl sites for hydroxylation is 2. The average Bonchev–Trinajstić information content (AvgIpc) is 2.46. The molecule has 0 fully saturated rings. The van der Waals surface area contributed by atoms with Crippen molar-refractivity contribution in [2.45, 2.75) is 52.4 Å². The maximum atomic E-state index is 11.7. The van der Waals surface area contributed by atoms with Crippen LogP contribution in [0.25, 0.3) is 0 Å². The maximum Gasteiger partial charge on any atom is 0.223 e. The van der Waals surface area contributed by atoms with Gasteiger partial charge in [0.1, 0.15) is 0 Å². The number of nitrogens with two attached hydrogens (primary N) is 1. The Bertz CT molecular complexity index is 430. The lowest BCUT2D eigenvalue weighted by Gasteiger charge is -2.07. The first kappa shape index (κ1) is 18.4. The van der Waals surface area contributed by atoms with E-state index in [0.29, 0.717) is 18.9 Å². The second kappa shape index (κ2) is 11.0. The summed E-state index contributed by atoms with van der Waals surface area (Å²) in [5.41, 5.74) is 7.33. The van der Waals surface area contributed by atoms with Crippen LogP contribution in [-0.4, -0.2) is 35.5 Å². The monoisotopic (exact) mass is 307 g/mol. The van der Waals surface area contributed by atoms with Crippen molar-refractivity contribution in [1.29, 1.82) is 0 Å². The third kappa shape index (κ3) is 8.56. The number of nitrogens with zero attached hydrogens (tertiary/aromatic N) is 2. The number of carbonyl (C=O) groups excluding carboxylic acids is 1. The number of aromatic nitrogens is 2. The molecule has 1 aromatic rings. The summed E-state index contributed by atoms with van der Waals surface area (Å²) >= 11 is 0. The number of hydrogen-bond donors (Lipinski definition) is 3. The van der Waals surface area contributed by atoms with Crippen LogP contribution in [0.3, 0.4) is 0 Å². The Kier molecular flexibility index (Phi) is 9.14. The number of hydrogen-bond acceptors (Lipinski definition) is 5. The molecule has 6 heteroatoms. The molecule has 6 nitrogen and oxygen atoms in total. The zero-order valence-electron chi connectivity index (χ0n) is 13.8.